The van der Waals surface area contributed by atoms with Gasteiger partial charge in [-0.3, -0.25) is 0 Å². The maximum Gasteiger partial charge on any atom is 0.115 e. The van der Waals surface area contributed by atoms with E-state index in [-0.39, 0.29) is 0 Å². The maximum absolute atomic E-state index is 4.16. The molecular formula is C14H20Si. The zero-order valence-corrected chi connectivity index (χ0v) is 10.6. The van der Waals surface area contributed by atoms with E-state index in [9.17, 15) is 0 Å². The molecule has 0 spiro atoms. The zero-order chi connectivity index (χ0) is 10.9. The molecule has 0 bridgehead atoms. The van der Waals surface area contributed by atoms with E-state index in [1.165, 1.54) is 42.5 Å². The summed E-state index contributed by atoms with van der Waals surface area (Å²) >= 11 is 0. The molecule has 0 unspecified atom stereocenters. The van der Waals surface area contributed by atoms with Gasteiger partial charge in [-0.2, -0.15) is 0 Å². The fourth-order valence-electron chi connectivity index (χ4n) is 1.55. The molecule has 0 saturated carbocycles. The second-order valence-corrected chi connectivity index (χ2v) is 5.44. The average Bonchev–Trinajstić information content (AvgIpc) is 2.26. The standard InChI is InChI=1S/C14H20Si/c1-3-4-5-7-10-13(2)15-14-11-8-6-9-12-14/h6,8-9,11-12H,2-5,7,10H2,1H3. The van der Waals surface area contributed by atoms with Gasteiger partial charge in [0.25, 0.3) is 0 Å². The summed E-state index contributed by atoms with van der Waals surface area (Å²) < 4.78 is 0. The SMILES string of the molecule is C=C(CCCCCC)[Si]c1ccccc1. The molecule has 0 saturated heterocycles. The van der Waals surface area contributed by atoms with E-state index in [2.05, 4.69) is 43.8 Å². The first-order chi connectivity index (χ1) is 7.33. The van der Waals surface area contributed by atoms with Crippen LogP contribution < -0.4 is 5.19 Å². The largest absolute Gasteiger partial charge is 0.115 e. The Morgan fingerprint density at radius 3 is 2.53 bits per heavy atom. The van der Waals surface area contributed by atoms with Crippen molar-refractivity contribution in [2.45, 2.75) is 39.0 Å². The summed E-state index contributed by atoms with van der Waals surface area (Å²) in [4.78, 5) is 0. The normalized spacial score (nSPS) is 10.2. The summed E-state index contributed by atoms with van der Waals surface area (Å²) in [5.74, 6) is 0. The Kier molecular flexibility index (Phi) is 6.10. The molecule has 1 heteroatoms. The summed E-state index contributed by atoms with van der Waals surface area (Å²) in [6.45, 7) is 6.41. The van der Waals surface area contributed by atoms with Gasteiger partial charge in [0.2, 0.25) is 0 Å². The molecular weight excluding hydrogens is 196 g/mol. The van der Waals surface area contributed by atoms with Crippen LogP contribution in [0.5, 0.6) is 0 Å². The van der Waals surface area contributed by atoms with Crippen LogP contribution in [0.2, 0.25) is 0 Å². The van der Waals surface area contributed by atoms with Crippen LogP contribution in [0.3, 0.4) is 0 Å². The summed E-state index contributed by atoms with van der Waals surface area (Å²) in [6, 6.07) is 10.7. The van der Waals surface area contributed by atoms with E-state index in [4.69, 9.17) is 0 Å². The van der Waals surface area contributed by atoms with Crippen LogP contribution in [0.25, 0.3) is 0 Å². The van der Waals surface area contributed by atoms with E-state index >= 15 is 0 Å². The van der Waals surface area contributed by atoms with Crippen molar-refractivity contribution >= 4 is 14.7 Å². The van der Waals surface area contributed by atoms with E-state index in [1.54, 1.807) is 0 Å². The molecule has 0 amide bonds. The third-order valence-corrected chi connectivity index (χ3v) is 3.65. The number of hydrogen-bond donors (Lipinski definition) is 0. The van der Waals surface area contributed by atoms with Gasteiger partial charge in [0.15, 0.2) is 0 Å². The van der Waals surface area contributed by atoms with Crippen molar-refractivity contribution < 1.29 is 0 Å². The quantitative estimate of drug-likeness (QED) is 0.483. The number of benzene rings is 1. The fraction of sp³-hybridized carbons (Fsp3) is 0.429. The van der Waals surface area contributed by atoms with Gasteiger partial charge in [0.05, 0.1) is 0 Å². The predicted molar refractivity (Wildman–Crippen MR) is 69.7 cm³/mol. The number of rotatable bonds is 7. The first-order valence-electron chi connectivity index (χ1n) is 5.82. The monoisotopic (exact) mass is 216 g/mol. The highest BCUT2D eigenvalue weighted by molar-refractivity contribution is 6.60. The van der Waals surface area contributed by atoms with Crippen LogP contribution in [-0.2, 0) is 0 Å². The van der Waals surface area contributed by atoms with Crippen molar-refractivity contribution in [3.8, 4) is 0 Å². The molecule has 0 nitrogen and oxygen atoms in total. The zero-order valence-electron chi connectivity index (χ0n) is 9.63. The maximum atomic E-state index is 4.16. The summed E-state index contributed by atoms with van der Waals surface area (Å²) in [5.41, 5.74) is 0. The molecule has 0 atom stereocenters. The van der Waals surface area contributed by atoms with Crippen molar-refractivity contribution in [1.82, 2.24) is 0 Å². The minimum Gasteiger partial charge on any atom is -0.104 e. The Labute approximate surface area is 96.2 Å². The third-order valence-electron chi connectivity index (χ3n) is 2.43. The number of unbranched alkanes of at least 4 members (excludes halogenated alkanes) is 3. The van der Waals surface area contributed by atoms with Gasteiger partial charge in [-0.1, -0.05) is 66.9 Å². The van der Waals surface area contributed by atoms with Crippen LogP contribution in [0.15, 0.2) is 42.1 Å². The summed E-state index contributed by atoms with van der Waals surface area (Å²) in [5, 5.41) is 2.82. The van der Waals surface area contributed by atoms with Gasteiger partial charge in [-0.05, 0) is 12.8 Å². The number of allylic oxidation sites excluding steroid dienone is 1. The number of hydrogen-bond acceptors (Lipinski definition) is 0. The molecule has 0 fully saturated rings. The molecule has 1 rings (SSSR count). The van der Waals surface area contributed by atoms with Gasteiger partial charge >= 0.3 is 0 Å². The van der Waals surface area contributed by atoms with E-state index in [0.717, 1.165) is 9.52 Å². The van der Waals surface area contributed by atoms with Crippen LogP contribution >= 0.6 is 0 Å². The summed E-state index contributed by atoms with van der Waals surface area (Å²) in [7, 11) is 0.796. The van der Waals surface area contributed by atoms with Gasteiger partial charge in [-0.15, -0.1) is 6.58 Å². The molecule has 0 aliphatic carbocycles. The van der Waals surface area contributed by atoms with Gasteiger partial charge < -0.3 is 0 Å². The molecule has 1 aromatic rings. The van der Waals surface area contributed by atoms with Crippen molar-refractivity contribution in [3.05, 3.63) is 42.1 Å². The molecule has 0 N–H and O–H groups in total. The van der Waals surface area contributed by atoms with Crippen molar-refractivity contribution in [2.75, 3.05) is 0 Å². The highest BCUT2D eigenvalue weighted by Gasteiger charge is 1.98. The summed E-state index contributed by atoms with van der Waals surface area (Å²) in [6.07, 6.45) is 6.55. The Balaban J connectivity index is 2.19. The highest BCUT2D eigenvalue weighted by atomic mass is 28.2. The molecule has 2 radical (unpaired) electrons. The van der Waals surface area contributed by atoms with Gasteiger partial charge in [0.1, 0.15) is 9.52 Å². The molecule has 0 aromatic heterocycles. The third kappa shape index (κ3) is 5.58. The lowest BCUT2D eigenvalue weighted by Crippen LogP contribution is -2.15. The van der Waals surface area contributed by atoms with Crippen LogP contribution in [0.1, 0.15) is 39.0 Å². The first-order valence-corrected chi connectivity index (χ1v) is 6.82. The van der Waals surface area contributed by atoms with Crippen molar-refractivity contribution in [1.29, 1.82) is 0 Å². The fourth-order valence-corrected chi connectivity index (χ4v) is 2.62. The second-order valence-electron chi connectivity index (χ2n) is 3.91. The Morgan fingerprint density at radius 2 is 1.87 bits per heavy atom. The Bertz CT molecular complexity index is 277. The second kappa shape index (κ2) is 7.47. The minimum atomic E-state index is 0.796. The highest BCUT2D eigenvalue weighted by Crippen LogP contribution is 2.07. The molecule has 1 aromatic carbocycles. The molecule has 80 valence electrons. The smallest absolute Gasteiger partial charge is 0.104 e. The van der Waals surface area contributed by atoms with Gasteiger partial charge in [0, 0.05) is 0 Å². The van der Waals surface area contributed by atoms with E-state index in [0.29, 0.717) is 0 Å². The Hall–Kier alpha value is -0.823. The van der Waals surface area contributed by atoms with Crippen LogP contribution in [0.4, 0.5) is 0 Å². The van der Waals surface area contributed by atoms with Crippen LogP contribution in [-0.4, -0.2) is 9.52 Å². The minimum absolute atomic E-state index is 0.796. The first kappa shape index (κ1) is 12.2. The lowest BCUT2D eigenvalue weighted by atomic mass is 10.1. The lowest BCUT2D eigenvalue weighted by molar-refractivity contribution is 0.672. The topological polar surface area (TPSA) is 0 Å². The van der Waals surface area contributed by atoms with Crippen molar-refractivity contribution in [2.24, 2.45) is 0 Å². The van der Waals surface area contributed by atoms with Gasteiger partial charge in [-0.25, -0.2) is 0 Å². The molecule has 0 heterocycles. The molecule has 15 heavy (non-hydrogen) atoms. The lowest BCUT2D eigenvalue weighted by Gasteiger charge is -2.04. The average molecular weight is 216 g/mol. The van der Waals surface area contributed by atoms with Crippen molar-refractivity contribution in [3.63, 3.8) is 0 Å². The predicted octanol–water partition coefficient (Wildman–Crippen LogP) is 3.50. The molecule has 0 aliphatic heterocycles. The van der Waals surface area contributed by atoms with E-state index < -0.39 is 0 Å². The molecule has 0 aliphatic rings. The van der Waals surface area contributed by atoms with Crippen LogP contribution in [0, 0.1) is 0 Å². The van der Waals surface area contributed by atoms with E-state index in [1.807, 2.05) is 0 Å². The Morgan fingerprint density at radius 1 is 1.13 bits per heavy atom.